The summed E-state index contributed by atoms with van der Waals surface area (Å²) in [5.74, 6) is 0.340. The van der Waals surface area contributed by atoms with Crippen LogP contribution in [-0.4, -0.2) is 52.5 Å². The van der Waals surface area contributed by atoms with Crippen molar-refractivity contribution in [3.63, 3.8) is 0 Å². The van der Waals surface area contributed by atoms with Crippen molar-refractivity contribution in [2.24, 2.45) is 0 Å². The van der Waals surface area contributed by atoms with E-state index in [1.165, 1.54) is 14.2 Å². The van der Waals surface area contributed by atoms with E-state index in [0.29, 0.717) is 28.6 Å². The van der Waals surface area contributed by atoms with Gasteiger partial charge in [-0.05, 0) is 32.0 Å². The molecule has 0 unspecified atom stereocenters. The molecule has 0 bridgehead atoms. The average Bonchev–Trinajstić information content (AvgIpc) is 3.03. The first-order chi connectivity index (χ1) is 12.0. The lowest BCUT2D eigenvalue weighted by molar-refractivity contribution is 0.0872. The highest BCUT2D eigenvalue weighted by Crippen LogP contribution is 2.25. The first-order valence-corrected chi connectivity index (χ1v) is 7.81. The third-order valence-corrected chi connectivity index (χ3v) is 3.54. The number of nitrogens with zero attached hydrogens (tertiary/aromatic N) is 4. The molecular formula is C16H20N6O3. The van der Waals surface area contributed by atoms with Gasteiger partial charge in [0.2, 0.25) is 5.65 Å². The number of benzene rings is 1. The number of nitrogens with one attached hydrogen (secondary N) is 2. The highest BCUT2D eigenvalue weighted by Gasteiger charge is 2.17. The number of hydrogen-bond donors (Lipinski definition) is 2. The molecule has 9 nitrogen and oxygen atoms in total. The van der Waals surface area contributed by atoms with Crippen molar-refractivity contribution < 1.29 is 14.3 Å². The van der Waals surface area contributed by atoms with E-state index in [4.69, 9.17) is 9.47 Å². The molecule has 2 N–H and O–H groups in total. The minimum Gasteiger partial charge on any atom is -0.467 e. The van der Waals surface area contributed by atoms with Crippen LogP contribution in [0.25, 0.3) is 16.7 Å². The highest BCUT2D eigenvalue weighted by molar-refractivity contribution is 5.98. The van der Waals surface area contributed by atoms with Crippen molar-refractivity contribution in [3.8, 4) is 6.01 Å². The lowest BCUT2D eigenvalue weighted by atomic mass is 10.2. The second-order valence-corrected chi connectivity index (χ2v) is 5.75. The highest BCUT2D eigenvalue weighted by atomic mass is 16.5. The van der Waals surface area contributed by atoms with Crippen molar-refractivity contribution in [2.75, 3.05) is 26.3 Å². The fourth-order valence-electron chi connectivity index (χ4n) is 2.50. The summed E-state index contributed by atoms with van der Waals surface area (Å²) in [7, 11) is 3.05. The normalized spacial score (nSPS) is 11.2. The maximum absolute atomic E-state index is 12.2. The van der Waals surface area contributed by atoms with Gasteiger partial charge < -0.3 is 20.1 Å². The van der Waals surface area contributed by atoms with E-state index in [-0.39, 0.29) is 18.7 Å². The number of hydrogen-bond acceptors (Lipinski definition) is 7. The molecule has 1 amide bonds. The predicted molar refractivity (Wildman–Crippen MR) is 92.9 cm³/mol. The van der Waals surface area contributed by atoms with Gasteiger partial charge in [0.25, 0.3) is 5.91 Å². The molecule has 0 spiro atoms. The van der Waals surface area contributed by atoms with Crippen LogP contribution in [0.15, 0.2) is 18.2 Å². The summed E-state index contributed by atoms with van der Waals surface area (Å²) in [5.41, 5.74) is 2.42. The number of methoxy groups -OCH3 is 2. The molecule has 0 fully saturated rings. The number of amides is 1. The maximum Gasteiger partial charge on any atom is 0.321 e. The van der Waals surface area contributed by atoms with Crippen LogP contribution >= 0.6 is 0 Å². The standard InChI is InChI=1S/C16H20N6O3/c1-9(2)18-13-14-20-21-16(25-4)22(14)12-6-5-10(7-11(12)19-13)15(23)17-8-24-3/h5-7,9H,8H2,1-4H3,(H,17,23)(H,18,19). The van der Waals surface area contributed by atoms with Crippen molar-refractivity contribution in [3.05, 3.63) is 23.8 Å². The molecule has 0 aliphatic heterocycles. The Bertz CT molecular complexity index is 921. The Kier molecular flexibility index (Phi) is 4.66. The zero-order valence-electron chi connectivity index (χ0n) is 14.5. The van der Waals surface area contributed by atoms with Crippen LogP contribution in [0, 0.1) is 0 Å². The number of carbonyl (C=O) groups is 1. The quantitative estimate of drug-likeness (QED) is 0.652. The monoisotopic (exact) mass is 344 g/mol. The third kappa shape index (κ3) is 3.18. The largest absolute Gasteiger partial charge is 0.467 e. The van der Waals surface area contributed by atoms with Crippen molar-refractivity contribution in [1.82, 2.24) is 24.9 Å². The van der Waals surface area contributed by atoms with E-state index in [1.54, 1.807) is 22.6 Å². The minimum atomic E-state index is -0.236. The molecule has 1 aromatic carbocycles. The average molecular weight is 344 g/mol. The Morgan fingerprint density at radius 1 is 1.28 bits per heavy atom. The number of anilines is 1. The lowest BCUT2D eigenvalue weighted by Gasteiger charge is -2.12. The summed E-state index contributed by atoms with van der Waals surface area (Å²) >= 11 is 0. The number of rotatable bonds is 6. The van der Waals surface area contributed by atoms with E-state index >= 15 is 0 Å². The number of carbonyl (C=O) groups excluding carboxylic acids is 1. The van der Waals surface area contributed by atoms with Crippen molar-refractivity contribution in [2.45, 2.75) is 19.9 Å². The summed E-state index contributed by atoms with van der Waals surface area (Å²) in [6.45, 7) is 4.15. The molecule has 25 heavy (non-hydrogen) atoms. The lowest BCUT2D eigenvalue weighted by Crippen LogP contribution is -2.25. The minimum absolute atomic E-state index is 0.142. The van der Waals surface area contributed by atoms with Crippen LogP contribution in [0.1, 0.15) is 24.2 Å². The predicted octanol–water partition coefficient (Wildman–Crippen LogP) is 1.44. The maximum atomic E-state index is 12.2. The van der Waals surface area contributed by atoms with Gasteiger partial charge in [-0.3, -0.25) is 4.79 Å². The molecule has 2 heterocycles. The van der Waals surface area contributed by atoms with Gasteiger partial charge in [0.05, 0.1) is 18.1 Å². The van der Waals surface area contributed by atoms with Gasteiger partial charge in [-0.2, -0.15) is 0 Å². The van der Waals surface area contributed by atoms with E-state index < -0.39 is 0 Å². The first kappa shape index (κ1) is 16.9. The van der Waals surface area contributed by atoms with Gasteiger partial charge in [-0.1, -0.05) is 5.10 Å². The van der Waals surface area contributed by atoms with Gasteiger partial charge in [0.15, 0.2) is 5.82 Å². The summed E-state index contributed by atoms with van der Waals surface area (Å²) in [6.07, 6.45) is 0. The Morgan fingerprint density at radius 2 is 2.08 bits per heavy atom. The number of aromatic nitrogens is 4. The number of fused-ring (bicyclic) bond motifs is 3. The third-order valence-electron chi connectivity index (χ3n) is 3.54. The Morgan fingerprint density at radius 3 is 2.76 bits per heavy atom. The zero-order valence-corrected chi connectivity index (χ0v) is 14.5. The molecule has 0 saturated carbocycles. The second-order valence-electron chi connectivity index (χ2n) is 5.75. The molecule has 3 aromatic rings. The van der Waals surface area contributed by atoms with E-state index in [1.807, 2.05) is 13.8 Å². The fourth-order valence-corrected chi connectivity index (χ4v) is 2.50. The Balaban J connectivity index is 2.18. The molecule has 0 radical (unpaired) electrons. The van der Waals surface area contributed by atoms with Crippen LogP contribution in [0.4, 0.5) is 5.82 Å². The van der Waals surface area contributed by atoms with Gasteiger partial charge in [-0.25, -0.2) is 9.38 Å². The van der Waals surface area contributed by atoms with E-state index in [0.717, 1.165) is 5.52 Å². The van der Waals surface area contributed by atoms with Crippen LogP contribution in [-0.2, 0) is 4.74 Å². The van der Waals surface area contributed by atoms with E-state index in [9.17, 15) is 4.79 Å². The molecule has 0 saturated heterocycles. The van der Waals surface area contributed by atoms with Crippen molar-refractivity contribution >= 4 is 28.4 Å². The molecule has 132 valence electrons. The van der Waals surface area contributed by atoms with Crippen LogP contribution in [0.3, 0.4) is 0 Å². The molecule has 2 aromatic heterocycles. The smallest absolute Gasteiger partial charge is 0.321 e. The Labute approximate surface area is 144 Å². The fraction of sp³-hybridized carbons (Fsp3) is 0.375. The van der Waals surface area contributed by atoms with Crippen LogP contribution < -0.4 is 15.4 Å². The summed E-state index contributed by atoms with van der Waals surface area (Å²) < 4.78 is 11.9. The van der Waals surface area contributed by atoms with Gasteiger partial charge in [0, 0.05) is 18.7 Å². The molecule has 3 rings (SSSR count). The van der Waals surface area contributed by atoms with Gasteiger partial charge in [0.1, 0.15) is 6.73 Å². The summed E-state index contributed by atoms with van der Waals surface area (Å²) in [6, 6.07) is 5.73. The number of ether oxygens (including phenoxy) is 2. The van der Waals surface area contributed by atoms with Crippen LogP contribution in [0.5, 0.6) is 6.01 Å². The summed E-state index contributed by atoms with van der Waals surface area (Å²) in [5, 5.41) is 14.1. The molecular weight excluding hydrogens is 324 g/mol. The topological polar surface area (TPSA) is 103 Å². The van der Waals surface area contributed by atoms with Gasteiger partial charge >= 0.3 is 6.01 Å². The molecule has 0 aliphatic carbocycles. The zero-order chi connectivity index (χ0) is 18.0. The summed E-state index contributed by atoms with van der Waals surface area (Å²) in [4.78, 5) is 16.8. The van der Waals surface area contributed by atoms with Crippen molar-refractivity contribution in [1.29, 1.82) is 0 Å². The van der Waals surface area contributed by atoms with Crippen LogP contribution in [0.2, 0.25) is 0 Å². The van der Waals surface area contributed by atoms with Gasteiger partial charge in [-0.15, -0.1) is 5.10 Å². The first-order valence-electron chi connectivity index (χ1n) is 7.81. The second kappa shape index (κ2) is 6.89. The van der Waals surface area contributed by atoms with E-state index in [2.05, 4.69) is 25.8 Å². The Hall–Kier alpha value is -2.94. The SMILES string of the molecule is COCNC(=O)c1ccc2c(c1)nc(NC(C)C)c1nnc(OC)n12. The molecule has 9 heteroatoms. The molecule has 0 atom stereocenters. The molecule has 0 aliphatic rings.